The Balaban J connectivity index is 1.79. The summed E-state index contributed by atoms with van der Waals surface area (Å²) in [6, 6.07) is 0. The Morgan fingerprint density at radius 1 is 0.933 bits per heavy atom. The van der Waals surface area contributed by atoms with Crippen LogP contribution in [0.25, 0.3) is 0 Å². The lowest BCUT2D eigenvalue weighted by Crippen LogP contribution is -2.21. The average Bonchev–Trinajstić information content (AvgIpc) is 2.31. The molecule has 0 aliphatic heterocycles. The molecule has 15 heavy (non-hydrogen) atoms. The van der Waals surface area contributed by atoms with Crippen LogP contribution in [0.3, 0.4) is 0 Å². The highest BCUT2D eigenvalue weighted by Crippen LogP contribution is 2.40. The summed E-state index contributed by atoms with van der Waals surface area (Å²) >= 11 is 0. The van der Waals surface area contributed by atoms with Gasteiger partial charge in [0.1, 0.15) is 0 Å². The summed E-state index contributed by atoms with van der Waals surface area (Å²) in [7, 11) is 0. The van der Waals surface area contributed by atoms with Gasteiger partial charge in [-0.2, -0.15) is 0 Å². The molecule has 0 amide bonds. The van der Waals surface area contributed by atoms with Crippen LogP contribution in [0.2, 0.25) is 0 Å². The number of hydrogen-bond donors (Lipinski definition) is 0. The molecule has 1 radical (unpaired) electrons. The van der Waals surface area contributed by atoms with Crippen LogP contribution >= 0.6 is 0 Å². The minimum Gasteiger partial charge on any atom is -0.0651 e. The Hall–Kier alpha value is 0. The van der Waals surface area contributed by atoms with Crippen LogP contribution in [0.4, 0.5) is 0 Å². The highest BCUT2D eigenvalue weighted by atomic mass is 14.3. The monoisotopic (exact) mass is 207 g/mol. The molecule has 1 unspecified atom stereocenters. The van der Waals surface area contributed by atoms with Gasteiger partial charge in [0.25, 0.3) is 0 Å². The van der Waals surface area contributed by atoms with Gasteiger partial charge in [-0.3, -0.25) is 0 Å². The Bertz CT molecular complexity index is 167. The van der Waals surface area contributed by atoms with Crippen molar-refractivity contribution in [2.75, 3.05) is 0 Å². The molecule has 0 aromatic heterocycles. The molecule has 2 fully saturated rings. The van der Waals surface area contributed by atoms with Crippen molar-refractivity contribution in [2.45, 2.75) is 77.6 Å². The topological polar surface area (TPSA) is 0 Å². The third-order valence-corrected chi connectivity index (χ3v) is 4.65. The predicted octanol–water partition coefficient (Wildman–Crippen LogP) is 5.13. The molecule has 0 aromatic carbocycles. The second-order valence-electron chi connectivity index (χ2n) is 5.72. The fourth-order valence-electron chi connectivity index (χ4n) is 3.67. The Morgan fingerprint density at radius 3 is 2.40 bits per heavy atom. The second-order valence-corrected chi connectivity index (χ2v) is 5.72. The standard InChI is InChI=1S/C15H27/c1-2-14-10-6-7-11-15(14)12-13-8-4-3-5-9-13/h13-14H,2-12H2,1H3. The van der Waals surface area contributed by atoms with E-state index in [0.29, 0.717) is 0 Å². The molecule has 2 rings (SSSR count). The van der Waals surface area contributed by atoms with E-state index in [2.05, 4.69) is 6.92 Å². The molecule has 0 heterocycles. The van der Waals surface area contributed by atoms with E-state index in [0.717, 1.165) is 11.8 Å². The molecule has 0 heteroatoms. The summed E-state index contributed by atoms with van der Waals surface area (Å²) in [5.41, 5.74) is 0. The van der Waals surface area contributed by atoms with Gasteiger partial charge in [0.2, 0.25) is 0 Å². The smallest absolute Gasteiger partial charge is 0.0207 e. The molecule has 0 nitrogen and oxygen atoms in total. The number of hydrogen-bond acceptors (Lipinski definition) is 0. The predicted molar refractivity (Wildman–Crippen MR) is 66.7 cm³/mol. The first-order valence-electron chi connectivity index (χ1n) is 7.24. The zero-order valence-corrected chi connectivity index (χ0v) is 10.4. The lowest BCUT2D eigenvalue weighted by molar-refractivity contribution is 0.288. The highest BCUT2D eigenvalue weighted by molar-refractivity contribution is 5.00. The van der Waals surface area contributed by atoms with Crippen LogP contribution in [0.1, 0.15) is 77.6 Å². The van der Waals surface area contributed by atoms with Crippen LogP contribution in [0.15, 0.2) is 0 Å². The fourth-order valence-corrected chi connectivity index (χ4v) is 3.67. The molecular weight excluding hydrogens is 180 g/mol. The minimum atomic E-state index is 1.00. The first kappa shape index (κ1) is 11.5. The van der Waals surface area contributed by atoms with Crippen LogP contribution in [0.5, 0.6) is 0 Å². The third kappa shape index (κ3) is 3.23. The van der Waals surface area contributed by atoms with Crippen molar-refractivity contribution in [3.63, 3.8) is 0 Å². The second kappa shape index (κ2) is 5.92. The van der Waals surface area contributed by atoms with Crippen LogP contribution < -0.4 is 0 Å². The fraction of sp³-hybridized carbons (Fsp3) is 0.933. The molecule has 0 aromatic rings. The molecular formula is C15H27. The van der Waals surface area contributed by atoms with Crippen molar-refractivity contribution in [1.82, 2.24) is 0 Å². The maximum atomic E-state index is 2.39. The molecule has 1 atom stereocenters. The lowest BCUT2D eigenvalue weighted by atomic mass is 9.71. The van der Waals surface area contributed by atoms with Crippen molar-refractivity contribution in [1.29, 1.82) is 0 Å². The van der Waals surface area contributed by atoms with Gasteiger partial charge in [0.15, 0.2) is 0 Å². The van der Waals surface area contributed by atoms with Crippen molar-refractivity contribution in [2.24, 2.45) is 11.8 Å². The van der Waals surface area contributed by atoms with Gasteiger partial charge < -0.3 is 0 Å². The molecule has 2 aliphatic rings. The summed E-state index contributed by atoms with van der Waals surface area (Å²) in [6.45, 7) is 2.39. The minimum absolute atomic E-state index is 1.00. The van der Waals surface area contributed by atoms with Gasteiger partial charge in [-0.1, -0.05) is 58.3 Å². The van der Waals surface area contributed by atoms with Crippen molar-refractivity contribution >= 4 is 0 Å². The summed E-state index contributed by atoms with van der Waals surface area (Å²) in [5, 5.41) is 0. The molecule has 87 valence electrons. The van der Waals surface area contributed by atoms with E-state index < -0.39 is 0 Å². The molecule has 2 aliphatic carbocycles. The summed E-state index contributed by atoms with van der Waals surface area (Å²) in [6.07, 6.45) is 16.4. The Morgan fingerprint density at radius 2 is 1.67 bits per heavy atom. The van der Waals surface area contributed by atoms with Crippen molar-refractivity contribution < 1.29 is 0 Å². The maximum absolute atomic E-state index is 2.39. The van der Waals surface area contributed by atoms with Crippen LogP contribution in [-0.4, -0.2) is 0 Å². The third-order valence-electron chi connectivity index (χ3n) is 4.65. The van der Waals surface area contributed by atoms with E-state index in [-0.39, 0.29) is 0 Å². The van der Waals surface area contributed by atoms with E-state index >= 15 is 0 Å². The molecule has 0 saturated heterocycles. The molecule has 2 saturated carbocycles. The Labute approximate surface area is 95.8 Å². The van der Waals surface area contributed by atoms with Crippen LogP contribution in [-0.2, 0) is 0 Å². The van der Waals surface area contributed by atoms with Gasteiger partial charge in [-0.25, -0.2) is 0 Å². The quantitative estimate of drug-likeness (QED) is 0.601. The molecule has 0 N–H and O–H groups in total. The largest absolute Gasteiger partial charge is 0.0651 e. The Kier molecular flexibility index (Phi) is 4.53. The number of rotatable bonds is 3. The summed E-state index contributed by atoms with van der Waals surface area (Å²) in [4.78, 5) is 0. The van der Waals surface area contributed by atoms with E-state index in [1.807, 2.05) is 5.92 Å². The maximum Gasteiger partial charge on any atom is -0.0207 e. The highest BCUT2D eigenvalue weighted by Gasteiger charge is 2.27. The average molecular weight is 207 g/mol. The van der Waals surface area contributed by atoms with Crippen molar-refractivity contribution in [3.8, 4) is 0 Å². The van der Waals surface area contributed by atoms with E-state index in [1.165, 1.54) is 70.6 Å². The zero-order valence-electron chi connectivity index (χ0n) is 10.4. The van der Waals surface area contributed by atoms with Gasteiger partial charge in [0.05, 0.1) is 0 Å². The summed E-state index contributed by atoms with van der Waals surface area (Å²) < 4.78 is 0. The van der Waals surface area contributed by atoms with Gasteiger partial charge in [0, 0.05) is 0 Å². The summed E-state index contributed by atoms with van der Waals surface area (Å²) in [5.74, 6) is 4.03. The van der Waals surface area contributed by atoms with E-state index in [4.69, 9.17) is 0 Å². The van der Waals surface area contributed by atoms with Gasteiger partial charge >= 0.3 is 0 Å². The normalized spacial score (nSPS) is 30.6. The van der Waals surface area contributed by atoms with E-state index in [1.54, 1.807) is 0 Å². The lowest BCUT2D eigenvalue weighted by Gasteiger charge is -2.34. The first-order chi connectivity index (χ1) is 7.40. The van der Waals surface area contributed by atoms with Gasteiger partial charge in [-0.05, 0) is 37.0 Å². The first-order valence-corrected chi connectivity index (χ1v) is 7.24. The van der Waals surface area contributed by atoms with Gasteiger partial charge in [-0.15, -0.1) is 0 Å². The SMILES string of the molecule is CCC1CCCC[C]1CC1CCCCC1. The van der Waals surface area contributed by atoms with E-state index in [9.17, 15) is 0 Å². The van der Waals surface area contributed by atoms with Crippen LogP contribution in [0, 0.1) is 17.8 Å². The van der Waals surface area contributed by atoms with Crippen molar-refractivity contribution in [3.05, 3.63) is 5.92 Å². The molecule has 0 spiro atoms. The zero-order chi connectivity index (χ0) is 10.5. The molecule has 0 bridgehead atoms.